The number of rotatable bonds is 2. The second kappa shape index (κ2) is 4.14. The molecule has 0 aromatic rings. The van der Waals surface area contributed by atoms with Gasteiger partial charge in [0.1, 0.15) is 0 Å². The summed E-state index contributed by atoms with van der Waals surface area (Å²) in [6.07, 6.45) is 0. The van der Waals surface area contributed by atoms with Crippen molar-refractivity contribution in [1.82, 2.24) is 0 Å². The first-order valence-electron chi connectivity index (χ1n) is 4.84. The predicted molar refractivity (Wildman–Crippen MR) is 59.4 cm³/mol. The first-order chi connectivity index (χ1) is 7.74. The molecule has 0 atom stereocenters. The molecule has 80 valence electrons. The molecule has 0 saturated carbocycles. The van der Waals surface area contributed by atoms with Gasteiger partial charge >= 0.3 is 5.97 Å². The van der Waals surface area contributed by atoms with Gasteiger partial charge in [-0.05, 0) is 17.2 Å². The molecular weight excluding hydrogens is 204 g/mol. The van der Waals surface area contributed by atoms with Gasteiger partial charge in [-0.1, -0.05) is 36.4 Å². The Bertz CT molecular complexity index is 517. The van der Waals surface area contributed by atoms with Crippen molar-refractivity contribution in [2.45, 2.75) is 0 Å². The number of hydrogen-bond donors (Lipinski definition) is 0. The van der Waals surface area contributed by atoms with Gasteiger partial charge in [-0.3, -0.25) is 4.79 Å². The highest BCUT2D eigenvalue weighted by atomic mass is 16.5. The predicted octanol–water partition coefficient (Wildman–Crippen LogP) is 2.15. The van der Waals surface area contributed by atoms with Crippen LogP contribution in [0.3, 0.4) is 0 Å². The lowest BCUT2D eigenvalue weighted by Gasteiger charge is -1.99. The normalized spacial score (nSPS) is 10.1. The summed E-state index contributed by atoms with van der Waals surface area (Å²) < 4.78 is 4.42. The van der Waals surface area contributed by atoms with E-state index in [1.807, 2.05) is 36.4 Å². The Balaban J connectivity index is 2.50. The molecule has 0 bridgehead atoms. The summed E-state index contributed by atoms with van der Waals surface area (Å²) in [4.78, 5) is 22.8. The van der Waals surface area contributed by atoms with Gasteiger partial charge in [-0.25, -0.2) is 4.79 Å². The van der Waals surface area contributed by atoms with Crippen LogP contribution in [0, 0.1) is 0 Å². The second-order valence-electron chi connectivity index (χ2n) is 3.35. The lowest BCUT2D eigenvalue weighted by molar-refractivity contribution is -0.135. The Hall–Kier alpha value is -2.16. The molecule has 0 saturated heterocycles. The Morgan fingerprint density at radius 2 is 1.75 bits per heavy atom. The van der Waals surface area contributed by atoms with Crippen LogP contribution in [0.1, 0.15) is 10.4 Å². The average Bonchev–Trinajstić information content (AvgIpc) is 2.56. The highest BCUT2D eigenvalue weighted by molar-refractivity contribution is 6.42. The zero-order valence-electron chi connectivity index (χ0n) is 8.77. The molecule has 0 aromatic carbocycles. The van der Waals surface area contributed by atoms with Crippen LogP contribution in [0.4, 0.5) is 0 Å². The first kappa shape index (κ1) is 10.4. The molecule has 0 unspecified atom stereocenters. The van der Waals surface area contributed by atoms with Crippen molar-refractivity contribution in [1.29, 1.82) is 0 Å². The fourth-order valence-corrected chi connectivity index (χ4v) is 1.62. The van der Waals surface area contributed by atoms with E-state index in [4.69, 9.17) is 0 Å². The fraction of sp³-hybridized carbons (Fsp3) is 0.0769. The number of ether oxygens (including phenoxy) is 1. The number of carbonyl (C=O) groups is 2. The monoisotopic (exact) mass is 214 g/mol. The van der Waals surface area contributed by atoms with Crippen molar-refractivity contribution in [2.24, 2.45) is 0 Å². The quantitative estimate of drug-likeness (QED) is 0.437. The van der Waals surface area contributed by atoms with E-state index in [0.29, 0.717) is 5.56 Å². The largest absolute Gasteiger partial charge is 0.463 e. The van der Waals surface area contributed by atoms with Crippen molar-refractivity contribution in [2.75, 3.05) is 7.11 Å². The lowest BCUT2D eigenvalue weighted by Crippen LogP contribution is -2.15. The van der Waals surface area contributed by atoms with Gasteiger partial charge < -0.3 is 4.74 Å². The maximum atomic E-state index is 11.7. The zero-order chi connectivity index (χ0) is 11.5. The Morgan fingerprint density at radius 3 is 2.50 bits per heavy atom. The minimum Gasteiger partial charge on any atom is -0.463 e. The lowest BCUT2D eigenvalue weighted by atomic mass is 10.1. The van der Waals surface area contributed by atoms with Gasteiger partial charge in [0.05, 0.1) is 7.11 Å². The van der Waals surface area contributed by atoms with E-state index in [1.54, 1.807) is 6.07 Å². The summed E-state index contributed by atoms with van der Waals surface area (Å²) in [6, 6.07) is 12.7. The maximum Gasteiger partial charge on any atom is 0.379 e. The van der Waals surface area contributed by atoms with Gasteiger partial charge in [-0.2, -0.15) is 0 Å². The van der Waals surface area contributed by atoms with E-state index in [2.05, 4.69) is 4.74 Å². The Kier molecular flexibility index (Phi) is 2.68. The van der Waals surface area contributed by atoms with Crippen LogP contribution in [-0.4, -0.2) is 18.9 Å². The number of hydrogen-bond acceptors (Lipinski definition) is 3. The zero-order valence-corrected chi connectivity index (χ0v) is 8.77. The molecule has 0 radical (unpaired) electrons. The highest BCUT2D eigenvalue weighted by Gasteiger charge is 2.21. The molecule has 0 aromatic heterocycles. The fourth-order valence-electron chi connectivity index (χ4n) is 1.62. The third-order valence-corrected chi connectivity index (χ3v) is 2.41. The first-order valence-corrected chi connectivity index (χ1v) is 4.84. The maximum absolute atomic E-state index is 11.7. The summed E-state index contributed by atoms with van der Waals surface area (Å²) in [7, 11) is 1.20. The second-order valence-corrected chi connectivity index (χ2v) is 3.35. The minimum atomic E-state index is -0.834. The molecule has 2 rings (SSSR count). The summed E-state index contributed by atoms with van der Waals surface area (Å²) in [5.74, 6) is -1.44. The molecule has 0 spiro atoms. The number of Topliss-reactive ketones (excluding diaryl/α,β-unsaturated/α-hetero) is 1. The average molecular weight is 214 g/mol. The molecule has 0 aliphatic heterocycles. The van der Waals surface area contributed by atoms with Crippen LogP contribution in [0.15, 0.2) is 42.5 Å². The molecule has 16 heavy (non-hydrogen) atoms. The minimum absolute atomic E-state index is 0.387. The van der Waals surface area contributed by atoms with Crippen LogP contribution >= 0.6 is 0 Å². The topological polar surface area (TPSA) is 43.4 Å². The molecule has 2 aliphatic rings. The smallest absolute Gasteiger partial charge is 0.379 e. The van der Waals surface area contributed by atoms with E-state index in [9.17, 15) is 9.59 Å². The molecular formula is C13H10O3. The van der Waals surface area contributed by atoms with E-state index in [1.165, 1.54) is 7.11 Å². The molecule has 0 amide bonds. The third-order valence-electron chi connectivity index (χ3n) is 2.41. The van der Waals surface area contributed by atoms with Gasteiger partial charge in [0.15, 0.2) is 0 Å². The van der Waals surface area contributed by atoms with Crippen molar-refractivity contribution < 1.29 is 14.3 Å². The van der Waals surface area contributed by atoms with Crippen molar-refractivity contribution in [3.05, 3.63) is 48.0 Å². The Morgan fingerprint density at radius 1 is 1.00 bits per heavy atom. The van der Waals surface area contributed by atoms with Crippen LogP contribution in [-0.2, 0) is 9.53 Å². The Labute approximate surface area is 93.0 Å². The molecule has 3 nitrogen and oxygen atoms in total. The van der Waals surface area contributed by atoms with E-state index >= 15 is 0 Å². The number of esters is 1. The summed E-state index contributed by atoms with van der Waals surface area (Å²) >= 11 is 0. The van der Waals surface area contributed by atoms with Crippen molar-refractivity contribution in [3.63, 3.8) is 0 Å². The highest BCUT2D eigenvalue weighted by Crippen LogP contribution is 2.27. The summed E-state index contributed by atoms with van der Waals surface area (Å²) in [5, 5.41) is 0. The standard InChI is InChI=1S/C13H10O3/c1-16-13(15)12(14)11-8-7-9-5-3-2-4-6-10(9)11/h2-8H,1H3. The van der Waals surface area contributed by atoms with Gasteiger partial charge in [0, 0.05) is 5.56 Å². The van der Waals surface area contributed by atoms with Crippen molar-refractivity contribution in [3.8, 4) is 11.1 Å². The van der Waals surface area contributed by atoms with E-state index < -0.39 is 11.8 Å². The number of carbonyl (C=O) groups excluding carboxylic acids is 2. The summed E-state index contributed by atoms with van der Waals surface area (Å²) in [5.41, 5.74) is 2.08. The van der Waals surface area contributed by atoms with Crippen LogP contribution in [0.2, 0.25) is 0 Å². The molecule has 2 aliphatic carbocycles. The van der Waals surface area contributed by atoms with Crippen LogP contribution in [0.25, 0.3) is 11.1 Å². The van der Waals surface area contributed by atoms with E-state index in [0.717, 1.165) is 11.1 Å². The van der Waals surface area contributed by atoms with Gasteiger partial charge in [0.2, 0.25) is 0 Å². The van der Waals surface area contributed by atoms with Crippen LogP contribution < -0.4 is 0 Å². The molecule has 0 N–H and O–H groups in total. The third kappa shape index (κ3) is 1.67. The van der Waals surface area contributed by atoms with E-state index in [-0.39, 0.29) is 0 Å². The van der Waals surface area contributed by atoms with Crippen molar-refractivity contribution >= 4 is 11.8 Å². The molecule has 3 heteroatoms. The number of fused-ring (bicyclic) bond motifs is 1. The summed E-state index contributed by atoms with van der Waals surface area (Å²) in [6.45, 7) is 0. The van der Waals surface area contributed by atoms with Crippen LogP contribution in [0.5, 0.6) is 0 Å². The molecule has 0 heterocycles. The number of methoxy groups -OCH3 is 1. The van der Waals surface area contributed by atoms with Gasteiger partial charge in [-0.15, -0.1) is 0 Å². The SMILES string of the molecule is COC(=O)C(=O)c1ccc2cccccc1-2. The number of ketones is 1. The molecule has 0 fully saturated rings. The van der Waals surface area contributed by atoms with Gasteiger partial charge in [0.25, 0.3) is 5.78 Å².